The number of fused-ring (bicyclic) bond motifs is 3. The number of benzene rings is 1. The zero-order valence-corrected chi connectivity index (χ0v) is 13.6. The molecule has 122 valence electrons. The Labute approximate surface area is 140 Å². The van der Waals surface area contributed by atoms with Crippen LogP contribution >= 0.6 is 12.4 Å². The van der Waals surface area contributed by atoms with Gasteiger partial charge < -0.3 is 9.15 Å². The van der Waals surface area contributed by atoms with E-state index in [1.54, 1.807) is 11.2 Å². The van der Waals surface area contributed by atoms with E-state index < -0.39 is 0 Å². The summed E-state index contributed by atoms with van der Waals surface area (Å²) in [7, 11) is 0. The summed E-state index contributed by atoms with van der Waals surface area (Å²) in [6.07, 6.45) is 3.74. The third-order valence-corrected chi connectivity index (χ3v) is 5.51. The van der Waals surface area contributed by atoms with Crippen LogP contribution in [0, 0.1) is 5.92 Å². The molecular weight excluding hydrogens is 316 g/mol. The molecule has 0 aliphatic carbocycles. The van der Waals surface area contributed by atoms with Crippen molar-refractivity contribution in [1.82, 2.24) is 4.90 Å². The molecule has 4 saturated heterocycles. The van der Waals surface area contributed by atoms with Crippen LogP contribution in [0.1, 0.15) is 12.8 Å². The second kappa shape index (κ2) is 5.14. The Kier molecular flexibility index (Phi) is 3.32. The second-order valence-electron chi connectivity index (χ2n) is 6.71. The monoisotopic (exact) mass is 334 g/mol. The molecular formula is C17H19ClN2O3. The fourth-order valence-corrected chi connectivity index (χ4v) is 4.33. The predicted octanol–water partition coefficient (Wildman–Crippen LogP) is 3.28. The smallest absolute Gasteiger partial charge is 0.415 e. The highest BCUT2D eigenvalue weighted by Crippen LogP contribution is 2.43. The Balaban J connectivity index is 0.00000135. The van der Waals surface area contributed by atoms with Crippen LogP contribution in [0.15, 0.2) is 34.9 Å². The maximum Gasteiger partial charge on any atom is 0.415 e. The predicted molar refractivity (Wildman–Crippen MR) is 89.2 cm³/mol. The fraction of sp³-hybridized carbons (Fsp3) is 0.471. The van der Waals surface area contributed by atoms with Crippen LogP contribution in [0.5, 0.6) is 0 Å². The van der Waals surface area contributed by atoms with Gasteiger partial charge in [0.25, 0.3) is 0 Å². The number of anilines is 1. The molecule has 0 unspecified atom stereocenters. The number of furan rings is 1. The van der Waals surface area contributed by atoms with E-state index in [4.69, 9.17) is 9.15 Å². The summed E-state index contributed by atoms with van der Waals surface area (Å²) in [5.74, 6) is 0.504. The number of hydrogen-bond acceptors (Lipinski definition) is 4. The Bertz CT molecular complexity index is 753. The standard InChI is InChI=1S/C17H18N2O3.ClH/c20-16-19(14-1-2-15-12(9-14)5-8-21-15)11-17(22-16)10-18-6-3-13(17)4-7-18;/h1-2,5,8-9,13H,3-4,6-7,10-11H2;1H/t17-;/m1./s1. The van der Waals surface area contributed by atoms with Crippen molar-refractivity contribution in [3.8, 4) is 0 Å². The van der Waals surface area contributed by atoms with Gasteiger partial charge in [-0.15, -0.1) is 12.4 Å². The van der Waals surface area contributed by atoms with Gasteiger partial charge >= 0.3 is 6.09 Å². The van der Waals surface area contributed by atoms with Gasteiger partial charge in [-0.2, -0.15) is 0 Å². The number of carbonyl (C=O) groups is 1. The number of nitrogens with zero attached hydrogens (tertiary/aromatic N) is 2. The quantitative estimate of drug-likeness (QED) is 0.803. The van der Waals surface area contributed by atoms with Crippen molar-refractivity contribution in [3.63, 3.8) is 0 Å². The lowest BCUT2D eigenvalue weighted by molar-refractivity contribution is -0.0881. The molecule has 4 fully saturated rings. The van der Waals surface area contributed by atoms with E-state index in [0.29, 0.717) is 12.5 Å². The van der Waals surface area contributed by atoms with E-state index in [-0.39, 0.29) is 24.1 Å². The van der Waals surface area contributed by atoms with Crippen molar-refractivity contribution >= 4 is 35.2 Å². The lowest BCUT2D eigenvalue weighted by Gasteiger charge is -2.49. The summed E-state index contributed by atoms with van der Waals surface area (Å²) >= 11 is 0. The first-order valence-electron chi connectivity index (χ1n) is 7.94. The molecule has 6 rings (SSSR count). The van der Waals surface area contributed by atoms with Gasteiger partial charge in [-0.1, -0.05) is 0 Å². The molecule has 1 aromatic heterocycles. The first kappa shape index (κ1) is 14.8. The summed E-state index contributed by atoms with van der Waals surface area (Å²) in [5, 5.41) is 1.01. The molecule has 2 aromatic rings. The summed E-state index contributed by atoms with van der Waals surface area (Å²) < 4.78 is 11.3. The van der Waals surface area contributed by atoms with Crippen molar-refractivity contribution in [1.29, 1.82) is 0 Å². The first-order valence-corrected chi connectivity index (χ1v) is 7.94. The van der Waals surface area contributed by atoms with Crippen LogP contribution < -0.4 is 4.90 Å². The van der Waals surface area contributed by atoms with Gasteiger partial charge in [-0.25, -0.2) is 4.79 Å². The van der Waals surface area contributed by atoms with Crippen LogP contribution in [0.4, 0.5) is 10.5 Å². The molecule has 2 bridgehead atoms. The lowest BCUT2D eigenvalue weighted by Crippen LogP contribution is -2.61. The van der Waals surface area contributed by atoms with Gasteiger partial charge in [0.2, 0.25) is 0 Å². The fourth-order valence-electron chi connectivity index (χ4n) is 4.33. The highest BCUT2D eigenvalue weighted by atomic mass is 35.5. The van der Waals surface area contributed by atoms with Crippen molar-refractivity contribution in [3.05, 3.63) is 30.5 Å². The Hall–Kier alpha value is -1.72. The number of ether oxygens (including phenoxy) is 1. The molecule has 1 aromatic carbocycles. The molecule has 23 heavy (non-hydrogen) atoms. The van der Waals surface area contributed by atoms with Crippen LogP contribution in [0.2, 0.25) is 0 Å². The average Bonchev–Trinajstić information content (AvgIpc) is 3.12. The summed E-state index contributed by atoms with van der Waals surface area (Å²) in [6.45, 7) is 3.83. The molecule has 1 spiro atoms. The van der Waals surface area contributed by atoms with E-state index in [0.717, 1.165) is 49.1 Å². The maximum absolute atomic E-state index is 12.5. The lowest BCUT2D eigenvalue weighted by atomic mass is 9.75. The minimum Gasteiger partial charge on any atom is -0.464 e. The number of halogens is 1. The van der Waals surface area contributed by atoms with Crippen LogP contribution in [0.3, 0.4) is 0 Å². The third kappa shape index (κ3) is 2.14. The maximum atomic E-state index is 12.5. The van der Waals surface area contributed by atoms with E-state index >= 15 is 0 Å². The average molecular weight is 335 g/mol. The topological polar surface area (TPSA) is 45.9 Å². The normalized spacial score (nSPS) is 32.3. The van der Waals surface area contributed by atoms with Gasteiger partial charge in [0.1, 0.15) is 11.2 Å². The van der Waals surface area contributed by atoms with Crippen molar-refractivity contribution in [2.45, 2.75) is 18.4 Å². The summed E-state index contributed by atoms with van der Waals surface area (Å²) in [6, 6.07) is 7.78. The van der Waals surface area contributed by atoms with Gasteiger partial charge in [0, 0.05) is 23.5 Å². The van der Waals surface area contributed by atoms with Gasteiger partial charge in [-0.3, -0.25) is 9.80 Å². The number of amides is 1. The van der Waals surface area contributed by atoms with Gasteiger partial charge in [0.05, 0.1) is 12.8 Å². The van der Waals surface area contributed by atoms with Crippen molar-refractivity contribution in [2.24, 2.45) is 5.92 Å². The highest BCUT2D eigenvalue weighted by Gasteiger charge is 2.55. The number of carbonyl (C=O) groups excluding carboxylic acids is 1. The minimum absolute atomic E-state index is 0. The molecule has 0 N–H and O–H groups in total. The molecule has 0 saturated carbocycles. The largest absolute Gasteiger partial charge is 0.464 e. The summed E-state index contributed by atoms with van der Waals surface area (Å²) in [5.41, 5.74) is 1.43. The van der Waals surface area contributed by atoms with E-state index in [2.05, 4.69) is 4.90 Å². The first-order chi connectivity index (χ1) is 10.7. The SMILES string of the molecule is Cl.O=C1O[C@]2(CN3CCC2CC3)CN1c1ccc2occc2c1. The number of hydrogen-bond donors (Lipinski definition) is 0. The highest BCUT2D eigenvalue weighted by molar-refractivity contribution is 5.93. The number of piperidine rings is 3. The van der Waals surface area contributed by atoms with E-state index in [9.17, 15) is 4.79 Å². The molecule has 0 radical (unpaired) electrons. The molecule has 5 nitrogen and oxygen atoms in total. The molecule has 4 aliphatic rings. The van der Waals surface area contributed by atoms with Crippen molar-refractivity contribution < 1.29 is 13.9 Å². The Morgan fingerprint density at radius 3 is 2.70 bits per heavy atom. The summed E-state index contributed by atoms with van der Waals surface area (Å²) in [4.78, 5) is 16.7. The van der Waals surface area contributed by atoms with Crippen molar-refractivity contribution in [2.75, 3.05) is 31.1 Å². The Morgan fingerprint density at radius 2 is 1.96 bits per heavy atom. The molecule has 1 atom stereocenters. The van der Waals surface area contributed by atoms with Gasteiger partial charge in [-0.05, 0) is 50.2 Å². The molecule has 6 heteroatoms. The van der Waals surface area contributed by atoms with Crippen LogP contribution in [0.25, 0.3) is 11.0 Å². The molecule has 1 amide bonds. The second-order valence-corrected chi connectivity index (χ2v) is 6.71. The van der Waals surface area contributed by atoms with Crippen LogP contribution in [-0.2, 0) is 4.74 Å². The van der Waals surface area contributed by atoms with E-state index in [1.165, 1.54) is 0 Å². The zero-order valence-electron chi connectivity index (χ0n) is 12.7. The van der Waals surface area contributed by atoms with Gasteiger partial charge in [0.15, 0.2) is 0 Å². The third-order valence-electron chi connectivity index (χ3n) is 5.51. The van der Waals surface area contributed by atoms with E-state index in [1.807, 2.05) is 24.3 Å². The van der Waals surface area contributed by atoms with Crippen LogP contribution in [-0.4, -0.2) is 42.8 Å². The zero-order chi connectivity index (χ0) is 14.7. The molecule has 5 heterocycles. The minimum atomic E-state index is -0.307. The molecule has 4 aliphatic heterocycles. The Morgan fingerprint density at radius 1 is 1.13 bits per heavy atom. The number of rotatable bonds is 1.